The van der Waals surface area contributed by atoms with E-state index in [1.54, 1.807) is 12.1 Å². The van der Waals surface area contributed by atoms with Gasteiger partial charge in [-0.25, -0.2) is 9.82 Å². The van der Waals surface area contributed by atoms with E-state index in [2.05, 4.69) is 10.5 Å². The lowest BCUT2D eigenvalue weighted by Gasteiger charge is -2.07. The second-order valence-electron chi connectivity index (χ2n) is 5.77. The van der Waals surface area contributed by atoms with Crippen LogP contribution in [0.4, 0.5) is 4.39 Å². The highest BCUT2D eigenvalue weighted by molar-refractivity contribution is 6.08. The molecule has 4 nitrogen and oxygen atoms in total. The number of rotatable bonds is 2. The number of hydrogen-bond donors (Lipinski definition) is 2. The number of phenolic OH excluding ortho intramolecular Hbond substituents is 1. The number of nitrogens with zero attached hydrogens (tertiary/aromatic N) is 1. The Morgan fingerprint density at radius 2 is 2.04 bits per heavy atom. The number of hydrazone groups is 1. The van der Waals surface area contributed by atoms with Gasteiger partial charge in [-0.1, -0.05) is 25.1 Å². The first-order valence-corrected chi connectivity index (χ1v) is 7.43. The summed E-state index contributed by atoms with van der Waals surface area (Å²) in [6.45, 7) is 3.71. The minimum atomic E-state index is -0.360. The quantitative estimate of drug-likeness (QED) is 0.834. The lowest BCUT2D eigenvalue weighted by Crippen LogP contribution is -2.20. The van der Waals surface area contributed by atoms with Crippen LogP contribution in [0.2, 0.25) is 0 Å². The highest BCUT2D eigenvalue weighted by Gasteiger charge is 2.30. The van der Waals surface area contributed by atoms with Gasteiger partial charge in [0.1, 0.15) is 11.6 Å². The normalized spacial score (nSPS) is 18.0. The lowest BCUT2D eigenvalue weighted by molar-refractivity contribution is 0.0954. The minimum Gasteiger partial charge on any atom is -0.507 e. The van der Waals surface area contributed by atoms with Gasteiger partial charge < -0.3 is 5.11 Å². The van der Waals surface area contributed by atoms with Crippen molar-refractivity contribution >= 4 is 11.6 Å². The van der Waals surface area contributed by atoms with Gasteiger partial charge in [-0.3, -0.25) is 4.79 Å². The summed E-state index contributed by atoms with van der Waals surface area (Å²) in [5.41, 5.74) is 5.22. The van der Waals surface area contributed by atoms with Crippen LogP contribution in [0.25, 0.3) is 0 Å². The molecule has 0 aliphatic heterocycles. The maximum Gasteiger partial charge on any atom is 0.271 e. The molecule has 23 heavy (non-hydrogen) atoms. The van der Waals surface area contributed by atoms with Crippen LogP contribution in [-0.4, -0.2) is 16.7 Å². The van der Waals surface area contributed by atoms with Gasteiger partial charge in [0, 0.05) is 16.7 Å². The summed E-state index contributed by atoms with van der Waals surface area (Å²) in [6.07, 6.45) is 0.470. The number of fused-ring (bicyclic) bond motifs is 1. The first-order valence-electron chi connectivity index (χ1n) is 7.43. The summed E-state index contributed by atoms with van der Waals surface area (Å²) < 4.78 is 14.0. The highest BCUT2D eigenvalue weighted by atomic mass is 19.1. The average Bonchev–Trinajstić information content (AvgIpc) is 2.87. The Kier molecular flexibility index (Phi) is 3.86. The number of nitrogens with one attached hydrogen (secondary N) is 1. The molecule has 2 N–H and O–H groups in total. The third-order valence-electron chi connectivity index (χ3n) is 4.13. The fraction of sp³-hybridized carbons (Fsp3) is 0.222. The molecule has 1 atom stereocenters. The maximum atomic E-state index is 14.0. The standard InChI is InChI=1S/C18H17FN2O2/c1-10-5-3-4-6-12(10)18(23)21-20-14-9-11(2)16-13(19)7-8-15(22)17(14)16/h3-8,11,22H,9H2,1-2H3,(H,21,23)/b20-14+/t11-/m0/s1. The number of benzene rings is 2. The molecule has 0 radical (unpaired) electrons. The molecule has 0 saturated carbocycles. The molecule has 2 aromatic carbocycles. The Labute approximate surface area is 133 Å². The van der Waals surface area contributed by atoms with Crippen molar-refractivity contribution in [1.29, 1.82) is 0 Å². The Hall–Kier alpha value is -2.69. The van der Waals surface area contributed by atoms with Crippen LogP contribution in [0.5, 0.6) is 5.75 Å². The van der Waals surface area contributed by atoms with Crippen molar-refractivity contribution in [3.8, 4) is 5.75 Å². The van der Waals surface area contributed by atoms with Crippen molar-refractivity contribution in [2.24, 2.45) is 5.10 Å². The van der Waals surface area contributed by atoms with Crippen LogP contribution in [-0.2, 0) is 0 Å². The molecular weight excluding hydrogens is 295 g/mol. The van der Waals surface area contributed by atoms with Crippen molar-refractivity contribution in [2.45, 2.75) is 26.2 Å². The minimum absolute atomic E-state index is 0.0189. The third-order valence-corrected chi connectivity index (χ3v) is 4.13. The molecule has 0 saturated heterocycles. The van der Waals surface area contributed by atoms with Gasteiger partial charge >= 0.3 is 0 Å². The van der Waals surface area contributed by atoms with Gasteiger partial charge in [-0.05, 0) is 43.0 Å². The zero-order valence-electron chi connectivity index (χ0n) is 12.9. The van der Waals surface area contributed by atoms with Crippen LogP contribution < -0.4 is 5.43 Å². The van der Waals surface area contributed by atoms with Gasteiger partial charge in [0.25, 0.3) is 5.91 Å². The van der Waals surface area contributed by atoms with Crippen molar-refractivity contribution in [1.82, 2.24) is 5.43 Å². The molecular formula is C18H17FN2O2. The second kappa shape index (κ2) is 5.83. The molecule has 5 heteroatoms. The number of aromatic hydroxyl groups is 1. The first kappa shape index (κ1) is 15.2. The van der Waals surface area contributed by atoms with E-state index in [0.29, 0.717) is 28.8 Å². The van der Waals surface area contributed by atoms with E-state index < -0.39 is 0 Å². The molecule has 2 aromatic rings. The number of phenols is 1. The molecule has 1 aliphatic rings. The predicted octanol–water partition coefficient (Wildman–Crippen LogP) is 3.48. The Balaban J connectivity index is 1.91. The van der Waals surface area contributed by atoms with Crippen molar-refractivity contribution in [3.05, 3.63) is 64.5 Å². The molecule has 118 valence electrons. The molecule has 1 amide bonds. The van der Waals surface area contributed by atoms with Crippen LogP contribution >= 0.6 is 0 Å². The monoisotopic (exact) mass is 312 g/mol. The first-order chi connectivity index (χ1) is 11.0. The molecule has 0 bridgehead atoms. The van der Waals surface area contributed by atoms with Gasteiger partial charge in [0.15, 0.2) is 0 Å². The summed E-state index contributed by atoms with van der Waals surface area (Å²) in [5, 5.41) is 14.1. The Bertz CT molecular complexity index is 815. The molecule has 0 unspecified atom stereocenters. The predicted molar refractivity (Wildman–Crippen MR) is 86.3 cm³/mol. The maximum absolute atomic E-state index is 14.0. The number of aryl methyl sites for hydroxylation is 1. The number of hydrogen-bond acceptors (Lipinski definition) is 3. The van der Waals surface area contributed by atoms with Crippen LogP contribution in [0.3, 0.4) is 0 Å². The number of carbonyl (C=O) groups is 1. The van der Waals surface area contributed by atoms with E-state index in [4.69, 9.17) is 0 Å². The largest absolute Gasteiger partial charge is 0.507 e. The average molecular weight is 312 g/mol. The van der Waals surface area contributed by atoms with Gasteiger partial charge in [0.05, 0.1) is 5.71 Å². The van der Waals surface area contributed by atoms with Gasteiger partial charge in [-0.15, -0.1) is 0 Å². The van der Waals surface area contributed by atoms with Crippen LogP contribution in [0.15, 0.2) is 41.5 Å². The molecule has 0 fully saturated rings. The summed E-state index contributed by atoms with van der Waals surface area (Å²) in [4.78, 5) is 12.2. The molecule has 0 heterocycles. The topological polar surface area (TPSA) is 61.7 Å². The summed E-state index contributed by atoms with van der Waals surface area (Å²) in [5.74, 6) is -0.797. The van der Waals surface area contributed by atoms with Crippen molar-refractivity contribution in [2.75, 3.05) is 0 Å². The van der Waals surface area contributed by atoms with E-state index >= 15 is 0 Å². The zero-order valence-corrected chi connectivity index (χ0v) is 12.9. The van der Waals surface area contributed by atoms with Crippen molar-refractivity contribution < 1.29 is 14.3 Å². The summed E-state index contributed by atoms with van der Waals surface area (Å²) in [6, 6.07) is 9.75. The highest BCUT2D eigenvalue weighted by Crippen LogP contribution is 2.39. The molecule has 0 spiro atoms. The fourth-order valence-corrected chi connectivity index (χ4v) is 2.97. The lowest BCUT2D eigenvalue weighted by atomic mass is 10.0. The SMILES string of the molecule is Cc1ccccc1C(=O)N/N=C1\C[C@H](C)c2c(F)ccc(O)c21. The molecule has 3 rings (SSSR count). The summed E-state index contributed by atoms with van der Waals surface area (Å²) in [7, 11) is 0. The van der Waals surface area contributed by atoms with Crippen LogP contribution in [0, 0.1) is 12.7 Å². The number of carbonyl (C=O) groups excluding carboxylic acids is 1. The molecule has 0 aromatic heterocycles. The number of amides is 1. The van der Waals surface area contributed by atoms with E-state index in [9.17, 15) is 14.3 Å². The van der Waals surface area contributed by atoms with Gasteiger partial charge in [-0.2, -0.15) is 5.10 Å². The van der Waals surface area contributed by atoms with E-state index in [1.165, 1.54) is 12.1 Å². The Morgan fingerprint density at radius 3 is 2.78 bits per heavy atom. The smallest absolute Gasteiger partial charge is 0.271 e. The molecule has 1 aliphatic carbocycles. The van der Waals surface area contributed by atoms with Crippen molar-refractivity contribution in [3.63, 3.8) is 0 Å². The fourth-order valence-electron chi connectivity index (χ4n) is 2.97. The number of halogens is 1. The van der Waals surface area contributed by atoms with Gasteiger partial charge in [0.2, 0.25) is 0 Å². The summed E-state index contributed by atoms with van der Waals surface area (Å²) >= 11 is 0. The van der Waals surface area contributed by atoms with E-state index in [0.717, 1.165) is 5.56 Å². The second-order valence-corrected chi connectivity index (χ2v) is 5.77. The van der Waals surface area contributed by atoms with Crippen LogP contribution in [0.1, 0.15) is 46.3 Å². The van der Waals surface area contributed by atoms with E-state index in [1.807, 2.05) is 26.0 Å². The zero-order chi connectivity index (χ0) is 16.6. The third kappa shape index (κ3) is 2.70. The van der Waals surface area contributed by atoms with E-state index in [-0.39, 0.29) is 23.4 Å². The Morgan fingerprint density at radius 1 is 1.30 bits per heavy atom.